The van der Waals surface area contributed by atoms with Gasteiger partial charge >= 0.3 is 0 Å². The predicted molar refractivity (Wildman–Crippen MR) is 75.6 cm³/mol. The Labute approximate surface area is 122 Å². The van der Waals surface area contributed by atoms with Gasteiger partial charge in [-0.3, -0.25) is 24.6 Å². The molecule has 0 aliphatic carbocycles. The van der Waals surface area contributed by atoms with Gasteiger partial charge in [0.1, 0.15) is 11.7 Å². The Hall–Kier alpha value is -1.71. The first-order valence-corrected chi connectivity index (χ1v) is 6.49. The van der Waals surface area contributed by atoms with E-state index in [-0.39, 0.29) is 29.6 Å². The van der Waals surface area contributed by atoms with E-state index in [1.54, 1.807) is 6.07 Å². The zero-order valence-corrected chi connectivity index (χ0v) is 12.1. The number of halogens is 1. The number of carbonyl (C=O) groups excluding carboxylic acids is 2. The molecule has 1 aromatic rings. The van der Waals surface area contributed by atoms with Crippen molar-refractivity contribution in [1.82, 2.24) is 4.90 Å². The van der Waals surface area contributed by atoms with Crippen molar-refractivity contribution in [3.8, 4) is 0 Å². The van der Waals surface area contributed by atoms with E-state index in [1.807, 2.05) is 22.6 Å². The summed E-state index contributed by atoms with van der Waals surface area (Å²) in [6.45, 7) is 0. The smallest absolute Gasteiger partial charge is 0.293 e. The van der Waals surface area contributed by atoms with Gasteiger partial charge in [0, 0.05) is 16.7 Å². The molecule has 2 rings (SSSR count). The second-order valence-electron chi connectivity index (χ2n) is 4.11. The van der Waals surface area contributed by atoms with Crippen molar-refractivity contribution in [2.75, 3.05) is 12.4 Å². The number of nitro benzene ring substituents is 1. The lowest BCUT2D eigenvalue weighted by molar-refractivity contribution is -0.384. The highest BCUT2D eigenvalue weighted by molar-refractivity contribution is 14.1. The number of hydrogen-bond donors (Lipinski definition) is 1. The van der Waals surface area contributed by atoms with Crippen LogP contribution in [-0.2, 0) is 9.59 Å². The molecule has 1 saturated heterocycles. The second-order valence-corrected chi connectivity index (χ2v) is 5.36. The molecule has 1 aromatic carbocycles. The van der Waals surface area contributed by atoms with E-state index in [4.69, 9.17) is 0 Å². The molecule has 2 amide bonds. The molecule has 0 spiro atoms. The fourth-order valence-electron chi connectivity index (χ4n) is 1.83. The third-order valence-electron chi connectivity index (χ3n) is 2.87. The predicted octanol–water partition coefficient (Wildman–Crippen LogP) is 1.37. The van der Waals surface area contributed by atoms with Crippen molar-refractivity contribution in [3.05, 3.63) is 31.9 Å². The van der Waals surface area contributed by atoms with E-state index >= 15 is 0 Å². The lowest BCUT2D eigenvalue weighted by atomic mass is 10.2. The summed E-state index contributed by atoms with van der Waals surface area (Å²) < 4.78 is 0.723. The molecule has 1 fully saturated rings. The molecule has 1 heterocycles. The van der Waals surface area contributed by atoms with Gasteiger partial charge in [0.15, 0.2) is 0 Å². The van der Waals surface area contributed by atoms with Crippen LogP contribution in [0, 0.1) is 13.7 Å². The van der Waals surface area contributed by atoms with Crippen LogP contribution in [0.3, 0.4) is 0 Å². The molecule has 8 heteroatoms. The highest BCUT2D eigenvalue weighted by atomic mass is 127. The third kappa shape index (κ3) is 2.67. The van der Waals surface area contributed by atoms with Crippen LogP contribution in [0.1, 0.15) is 6.42 Å². The highest BCUT2D eigenvalue weighted by Gasteiger charge is 2.36. The summed E-state index contributed by atoms with van der Waals surface area (Å²) in [4.78, 5) is 34.6. The Morgan fingerprint density at radius 3 is 2.68 bits per heavy atom. The van der Waals surface area contributed by atoms with Gasteiger partial charge in [-0.25, -0.2) is 0 Å². The maximum atomic E-state index is 11.7. The van der Waals surface area contributed by atoms with Crippen LogP contribution >= 0.6 is 22.6 Å². The van der Waals surface area contributed by atoms with Crippen molar-refractivity contribution in [2.24, 2.45) is 0 Å². The topological polar surface area (TPSA) is 92.6 Å². The number of likely N-dealkylation sites (N-methyl/N-ethyl adjacent to an activating group) is 1. The van der Waals surface area contributed by atoms with Crippen LogP contribution in [0.2, 0.25) is 0 Å². The summed E-state index contributed by atoms with van der Waals surface area (Å²) in [5.74, 6) is -0.673. The minimum Gasteiger partial charge on any atom is -0.368 e. The largest absolute Gasteiger partial charge is 0.368 e. The van der Waals surface area contributed by atoms with Gasteiger partial charge in [0.05, 0.1) is 11.3 Å². The fourth-order valence-corrected chi connectivity index (χ4v) is 2.31. The number of imide groups is 1. The second kappa shape index (κ2) is 5.11. The Morgan fingerprint density at radius 2 is 2.16 bits per heavy atom. The van der Waals surface area contributed by atoms with Crippen LogP contribution in [0.5, 0.6) is 0 Å². The van der Waals surface area contributed by atoms with Crippen LogP contribution in [0.4, 0.5) is 11.4 Å². The minimum absolute atomic E-state index is 0.0124. The third-order valence-corrected chi connectivity index (χ3v) is 3.54. The first kappa shape index (κ1) is 13.7. The fraction of sp³-hybridized carbons (Fsp3) is 0.273. The molecule has 1 aliphatic rings. The molecule has 1 N–H and O–H groups in total. The average Bonchev–Trinajstić information content (AvgIpc) is 2.59. The van der Waals surface area contributed by atoms with Crippen LogP contribution < -0.4 is 5.32 Å². The molecule has 0 bridgehead atoms. The van der Waals surface area contributed by atoms with Crippen molar-refractivity contribution < 1.29 is 14.5 Å². The number of likely N-dealkylation sites (tertiary alicyclic amines) is 1. The van der Waals surface area contributed by atoms with E-state index in [2.05, 4.69) is 5.32 Å². The Morgan fingerprint density at radius 1 is 1.47 bits per heavy atom. The monoisotopic (exact) mass is 375 g/mol. The lowest BCUT2D eigenvalue weighted by Gasteiger charge is -2.12. The number of carbonyl (C=O) groups is 2. The molecule has 1 aliphatic heterocycles. The maximum absolute atomic E-state index is 11.7. The zero-order valence-electron chi connectivity index (χ0n) is 9.92. The van der Waals surface area contributed by atoms with Crippen LogP contribution in [-0.4, -0.2) is 34.7 Å². The van der Waals surface area contributed by atoms with Gasteiger partial charge in [-0.2, -0.15) is 0 Å². The standard InChI is InChI=1S/C11H10IN3O4/c1-14-10(16)5-8(11(14)17)13-7-3-2-6(12)4-9(7)15(18)19/h2-4,8,13H,5H2,1H3. The maximum Gasteiger partial charge on any atom is 0.293 e. The number of nitrogens with one attached hydrogen (secondary N) is 1. The van der Waals surface area contributed by atoms with Crippen molar-refractivity contribution in [1.29, 1.82) is 0 Å². The van der Waals surface area contributed by atoms with Gasteiger partial charge in [0.25, 0.3) is 11.6 Å². The SMILES string of the molecule is CN1C(=O)CC(Nc2ccc(I)cc2[N+](=O)[O-])C1=O. The van der Waals surface area contributed by atoms with E-state index < -0.39 is 11.0 Å². The average molecular weight is 375 g/mol. The normalized spacial score (nSPS) is 18.8. The Balaban J connectivity index is 2.27. The number of nitro groups is 1. The molecule has 0 radical (unpaired) electrons. The van der Waals surface area contributed by atoms with E-state index in [0.717, 1.165) is 8.47 Å². The van der Waals surface area contributed by atoms with Crippen molar-refractivity contribution in [2.45, 2.75) is 12.5 Å². The van der Waals surface area contributed by atoms with Gasteiger partial charge in [-0.1, -0.05) is 0 Å². The lowest BCUT2D eigenvalue weighted by Crippen LogP contribution is -2.31. The van der Waals surface area contributed by atoms with E-state index in [1.165, 1.54) is 19.2 Å². The molecule has 1 atom stereocenters. The number of benzene rings is 1. The quantitative estimate of drug-likeness (QED) is 0.373. The van der Waals surface area contributed by atoms with Crippen LogP contribution in [0.25, 0.3) is 0 Å². The number of hydrogen-bond acceptors (Lipinski definition) is 5. The molecule has 0 saturated carbocycles. The first-order valence-electron chi connectivity index (χ1n) is 5.41. The molecule has 7 nitrogen and oxygen atoms in total. The Bertz CT molecular complexity index is 575. The van der Waals surface area contributed by atoms with Gasteiger partial charge in [-0.05, 0) is 34.7 Å². The molecule has 0 aromatic heterocycles. The summed E-state index contributed by atoms with van der Waals surface area (Å²) in [6.07, 6.45) is 0.0124. The van der Waals surface area contributed by atoms with Gasteiger partial charge in [0.2, 0.25) is 5.91 Å². The Kier molecular flexibility index (Phi) is 3.69. The van der Waals surface area contributed by atoms with E-state index in [0.29, 0.717) is 0 Å². The highest BCUT2D eigenvalue weighted by Crippen LogP contribution is 2.28. The minimum atomic E-state index is -0.740. The number of nitrogens with zero attached hydrogens (tertiary/aromatic N) is 2. The summed E-state index contributed by atoms with van der Waals surface area (Å²) in [5, 5.41) is 13.7. The molecular weight excluding hydrogens is 365 g/mol. The summed E-state index contributed by atoms with van der Waals surface area (Å²) >= 11 is 1.97. The zero-order chi connectivity index (χ0) is 14.2. The van der Waals surface area contributed by atoms with E-state index in [9.17, 15) is 19.7 Å². The number of amides is 2. The summed E-state index contributed by atoms with van der Waals surface area (Å²) in [6, 6.07) is 3.90. The van der Waals surface area contributed by atoms with Gasteiger partial charge < -0.3 is 5.32 Å². The molecule has 19 heavy (non-hydrogen) atoms. The molecule has 100 valence electrons. The summed E-state index contributed by atoms with van der Waals surface area (Å²) in [5.41, 5.74) is 0.133. The number of anilines is 1. The first-order chi connectivity index (χ1) is 8.90. The van der Waals surface area contributed by atoms with Crippen molar-refractivity contribution >= 4 is 45.8 Å². The number of rotatable bonds is 3. The van der Waals surface area contributed by atoms with Gasteiger partial charge in [-0.15, -0.1) is 0 Å². The summed E-state index contributed by atoms with van der Waals surface area (Å²) in [7, 11) is 1.40. The molecular formula is C11H10IN3O4. The molecule has 1 unspecified atom stereocenters. The van der Waals surface area contributed by atoms with Crippen molar-refractivity contribution in [3.63, 3.8) is 0 Å². The van der Waals surface area contributed by atoms with Crippen LogP contribution in [0.15, 0.2) is 18.2 Å².